The molecule has 0 fully saturated rings. The van der Waals surface area contributed by atoms with Crippen LogP contribution < -0.4 is 15.6 Å². The van der Waals surface area contributed by atoms with Gasteiger partial charge in [-0.3, -0.25) is 19.0 Å². The summed E-state index contributed by atoms with van der Waals surface area (Å²) in [5.41, 5.74) is 2.60. The van der Waals surface area contributed by atoms with Crippen molar-refractivity contribution in [1.29, 1.82) is 0 Å². The molecule has 0 aliphatic carbocycles. The van der Waals surface area contributed by atoms with E-state index in [9.17, 15) is 14.4 Å². The number of ketones is 1. The fourth-order valence-electron chi connectivity index (χ4n) is 3.20. The van der Waals surface area contributed by atoms with Crippen molar-refractivity contribution >= 4 is 50.7 Å². The summed E-state index contributed by atoms with van der Waals surface area (Å²) in [4.78, 5) is 41.7. The molecule has 0 bridgehead atoms. The monoisotopic (exact) mass is 479 g/mol. The van der Waals surface area contributed by atoms with Gasteiger partial charge in [-0.15, -0.1) is 11.3 Å². The number of methoxy groups -OCH3 is 1. The number of carbonyl (C=O) groups excluding carboxylic acids is 2. The lowest BCUT2D eigenvalue weighted by Gasteiger charge is -2.12. The molecule has 0 radical (unpaired) electrons. The number of hydrogen-bond donors (Lipinski definition) is 1. The quantitative estimate of drug-likeness (QED) is 0.228. The van der Waals surface area contributed by atoms with Gasteiger partial charge in [-0.25, -0.2) is 4.98 Å². The van der Waals surface area contributed by atoms with Gasteiger partial charge in [0.1, 0.15) is 10.4 Å². The third kappa shape index (κ3) is 5.32. The highest BCUT2D eigenvalue weighted by Gasteiger charge is 2.15. The summed E-state index contributed by atoms with van der Waals surface area (Å²) in [6, 6.07) is 16.0. The van der Waals surface area contributed by atoms with Crippen LogP contribution in [-0.4, -0.2) is 34.1 Å². The highest BCUT2D eigenvalue weighted by atomic mass is 32.2. The van der Waals surface area contributed by atoms with Crippen LogP contribution in [-0.2, 0) is 11.3 Å². The number of ether oxygens (including phenoxy) is 1. The van der Waals surface area contributed by atoms with Crippen molar-refractivity contribution in [3.8, 4) is 5.75 Å². The Morgan fingerprint density at radius 1 is 1.09 bits per heavy atom. The molecule has 0 aliphatic rings. The number of hydrogen-bond acceptors (Lipinski definition) is 7. The number of amides is 1. The Morgan fingerprint density at radius 2 is 1.82 bits per heavy atom. The maximum Gasteiger partial charge on any atom is 0.272 e. The number of nitrogens with one attached hydrogen (secondary N) is 1. The van der Waals surface area contributed by atoms with Gasteiger partial charge in [0.05, 0.1) is 24.9 Å². The summed E-state index contributed by atoms with van der Waals surface area (Å²) >= 11 is 2.56. The van der Waals surface area contributed by atoms with Crippen molar-refractivity contribution < 1.29 is 14.3 Å². The SMILES string of the molecule is COc1ccc(Cn2c(SCC(=O)Nc3ccc(C(C)=O)cc3)nc3ccsc3c2=O)cc1. The average molecular weight is 480 g/mol. The van der Waals surface area contributed by atoms with Crippen LogP contribution in [0.2, 0.25) is 0 Å². The molecule has 2 aromatic heterocycles. The standard InChI is InChI=1S/C24H21N3O4S2/c1-15(28)17-5-7-18(8-6-17)25-21(29)14-33-24-26-20-11-12-32-22(20)23(30)27(24)13-16-3-9-19(31-2)10-4-16/h3-12H,13-14H2,1-2H3,(H,25,29). The van der Waals surface area contributed by atoms with Gasteiger partial charge in [0.15, 0.2) is 10.9 Å². The van der Waals surface area contributed by atoms with E-state index in [1.165, 1.54) is 30.0 Å². The second-order valence-corrected chi connectivity index (χ2v) is 9.10. The number of anilines is 1. The van der Waals surface area contributed by atoms with Crippen LogP contribution in [0.4, 0.5) is 5.69 Å². The molecule has 0 saturated heterocycles. The second kappa shape index (κ2) is 10.0. The van der Waals surface area contributed by atoms with Gasteiger partial charge in [0, 0.05) is 11.3 Å². The molecule has 0 saturated carbocycles. The Balaban J connectivity index is 1.53. The predicted molar refractivity (Wildman–Crippen MR) is 132 cm³/mol. The fourth-order valence-corrected chi connectivity index (χ4v) is 4.78. The Bertz CT molecular complexity index is 1360. The molecule has 33 heavy (non-hydrogen) atoms. The molecule has 2 heterocycles. The Labute approximate surface area is 198 Å². The fraction of sp³-hybridized carbons (Fsp3) is 0.167. The van der Waals surface area contributed by atoms with Crippen molar-refractivity contribution in [3.05, 3.63) is 81.5 Å². The zero-order valence-electron chi connectivity index (χ0n) is 18.0. The Morgan fingerprint density at radius 3 is 2.48 bits per heavy atom. The first kappa shape index (κ1) is 22.8. The van der Waals surface area contributed by atoms with Crippen molar-refractivity contribution in [3.63, 3.8) is 0 Å². The Hall–Kier alpha value is -3.43. The van der Waals surface area contributed by atoms with Gasteiger partial charge >= 0.3 is 0 Å². The molecule has 168 valence electrons. The van der Waals surface area contributed by atoms with Crippen LogP contribution in [0.5, 0.6) is 5.75 Å². The zero-order chi connectivity index (χ0) is 23.4. The predicted octanol–water partition coefficient (Wildman–Crippen LogP) is 4.45. The minimum Gasteiger partial charge on any atom is -0.497 e. The number of Topliss-reactive ketones (excluding diaryl/α,β-unsaturated/α-hetero) is 1. The van der Waals surface area contributed by atoms with Crippen LogP contribution in [0, 0.1) is 0 Å². The van der Waals surface area contributed by atoms with Crippen LogP contribution in [0.15, 0.2) is 69.9 Å². The lowest BCUT2D eigenvalue weighted by atomic mass is 10.1. The normalized spacial score (nSPS) is 10.8. The van der Waals surface area contributed by atoms with E-state index in [1.807, 2.05) is 29.6 Å². The van der Waals surface area contributed by atoms with Gasteiger partial charge in [-0.1, -0.05) is 23.9 Å². The van der Waals surface area contributed by atoms with Crippen LogP contribution in [0.3, 0.4) is 0 Å². The van der Waals surface area contributed by atoms with E-state index < -0.39 is 0 Å². The first-order chi connectivity index (χ1) is 15.9. The zero-order valence-corrected chi connectivity index (χ0v) is 19.7. The number of carbonyl (C=O) groups is 2. The maximum atomic E-state index is 13.1. The minimum atomic E-state index is -0.230. The molecule has 0 spiro atoms. The van der Waals surface area contributed by atoms with Gasteiger partial charge in [0.2, 0.25) is 5.91 Å². The molecule has 7 nitrogen and oxygen atoms in total. The van der Waals surface area contributed by atoms with E-state index in [0.29, 0.717) is 33.2 Å². The van der Waals surface area contributed by atoms with Crippen molar-refractivity contribution in [2.45, 2.75) is 18.6 Å². The summed E-state index contributed by atoms with van der Waals surface area (Å²) in [5.74, 6) is 0.555. The van der Waals surface area contributed by atoms with Crippen LogP contribution in [0.1, 0.15) is 22.8 Å². The molecular formula is C24H21N3O4S2. The highest BCUT2D eigenvalue weighted by molar-refractivity contribution is 7.99. The van der Waals surface area contributed by atoms with Crippen LogP contribution in [0.25, 0.3) is 10.2 Å². The largest absolute Gasteiger partial charge is 0.497 e. The topological polar surface area (TPSA) is 90.3 Å². The molecule has 2 aromatic carbocycles. The summed E-state index contributed by atoms with van der Waals surface area (Å²) in [7, 11) is 1.60. The van der Waals surface area contributed by atoms with Gasteiger partial charge in [-0.05, 0) is 60.3 Å². The van der Waals surface area contributed by atoms with E-state index in [4.69, 9.17) is 4.74 Å². The van der Waals surface area contributed by atoms with E-state index in [-0.39, 0.29) is 23.0 Å². The third-order valence-corrected chi connectivity index (χ3v) is 6.81. The molecule has 4 aromatic rings. The van der Waals surface area contributed by atoms with Crippen molar-refractivity contribution in [2.24, 2.45) is 0 Å². The summed E-state index contributed by atoms with van der Waals surface area (Å²) < 4.78 is 7.38. The Kier molecular flexibility index (Phi) is 6.90. The molecule has 9 heteroatoms. The van der Waals surface area contributed by atoms with Crippen molar-refractivity contribution in [2.75, 3.05) is 18.2 Å². The van der Waals surface area contributed by atoms with E-state index in [2.05, 4.69) is 10.3 Å². The number of thiophene rings is 1. The molecular weight excluding hydrogens is 458 g/mol. The van der Waals surface area contributed by atoms with Gasteiger partial charge in [0.25, 0.3) is 5.56 Å². The number of rotatable bonds is 8. The molecule has 0 unspecified atom stereocenters. The van der Waals surface area contributed by atoms with Gasteiger partial charge in [-0.2, -0.15) is 0 Å². The molecule has 0 aliphatic heterocycles. The number of thioether (sulfide) groups is 1. The lowest BCUT2D eigenvalue weighted by molar-refractivity contribution is -0.113. The highest BCUT2D eigenvalue weighted by Crippen LogP contribution is 2.23. The summed E-state index contributed by atoms with van der Waals surface area (Å²) in [6.07, 6.45) is 0. The smallest absolute Gasteiger partial charge is 0.272 e. The van der Waals surface area contributed by atoms with E-state index in [1.54, 1.807) is 42.0 Å². The second-order valence-electron chi connectivity index (χ2n) is 7.24. The summed E-state index contributed by atoms with van der Waals surface area (Å²) in [5, 5.41) is 5.12. The van der Waals surface area contributed by atoms with E-state index >= 15 is 0 Å². The number of aromatic nitrogens is 2. The summed E-state index contributed by atoms with van der Waals surface area (Å²) in [6.45, 7) is 1.83. The number of nitrogens with zero attached hydrogens (tertiary/aromatic N) is 2. The van der Waals surface area contributed by atoms with Crippen LogP contribution >= 0.6 is 23.1 Å². The maximum absolute atomic E-state index is 13.1. The molecule has 0 atom stereocenters. The first-order valence-electron chi connectivity index (χ1n) is 10.1. The lowest BCUT2D eigenvalue weighted by Crippen LogP contribution is -2.24. The minimum absolute atomic E-state index is 0.0341. The third-order valence-electron chi connectivity index (χ3n) is 4.94. The van der Waals surface area contributed by atoms with Gasteiger partial charge < -0.3 is 10.1 Å². The molecule has 4 rings (SSSR count). The molecule has 1 N–H and O–H groups in total. The van der Waals surface area contributed by atoms with Crippen molar-refractivity contribution in [1.82, 2.24) is 9.55 Å². The number of fused-ring (bicyclic) bond motifs is 1. The van der Waals surface area contributed by atoms with E-state index in [0.717, 1.165) is 11.3 Å². The molecule has 1 amide bonds. The average Bonchev–Trinajstić information content (AvgIpc) is 3.29. The first-order valence-corrected chi connectivity index (χ1v) is 12.0. The number of benzene rings is 2.